The van der Waals surface area contributed by atoms with Gasteiger partial charge in [-0.25, -0.2) is 0 Å². The fourth-order valence-corrected chi connectivity index (χ4v) is 16.0. The zero-order chi connectivity index (χ0) is 64.4. The molecule has 5 fully saturated rings. The zero-order valence-corrected chi connectivity index (χ0v) is 57.9. The highest BCUT2D eigenvalue weighted by Crippen LogP contribution is 2.41. The molecule has 1 aromatic carbocycles. The number of carbonyl (C=O) groups is 1. The van der Waals surface area contributed by atoms with E-state index >= 15 is 0 Å². The molecule has 1 aromatic rings. The number of aliphatic imine (C=N–C) groups is 1. The Morgan fingerprint density at radius 1 is 0.831 bits per heavy atom. The Morgan fingerprint density at radius 3 is 2.22 bits per heavy atom. The molecule has 4 heterocycles. The predicted octanol–water partition coefficient (Wildman–Crippen LogP) is 12.3. The maximum absolute atomic E-state index is 14.8. The minimum Gasteiger partial charge on any atom is -0.390 e. The van der Waals surface area contributed by atoms with Gasteiger partial charge in [0.1, 0.15) is 0 Å². The van der Waals surface area contributed by atoms with Crippen molar-refractivity contribution < 1.29 is 22.7 Å². The Labute approximate surface area is 541 Å². The van der Waals surface area contributed by atoms with E-state index in [1.54, 1.807) is 0 Å². The van der Waals surface area contributed by atoms with Gasteiger partial charge in [-0.05, 0) is 160 Å². The summed E-state index contributed by atoms with van der Waals surface area (Å²) >= 11 is 6.20. The summed E-state index contributed by atoms with van der Waals surface area (Å²) in [5, 5.41) is 23.7. The molecule has 11 atom stereocenters. The third-order valence-electron chi connectivity index (χ3n) is 21.0. The summed E-state index contributed by atoms with van der Waals surface area (Å²) in [5.74, 6) is 1.73. The average Bonchev–Trinajstić information content (AvgIpc) is 1.38. The van der Waals surface area contributed by atoms with Crippen LogP contribution in [-0.2, 0) is 22.1 Å². The molecule has 5 unspecified atom stereocenters. The molecule has 504 valence electrons. The first-order valence-corrected chi connectivity index (χ1v) is 35.3. The summed E-state index contributed by atoms with van der Waals surface area (Å²) in [4.78, 5) is 31.8. The molecule has 2 saturated carbocycles. The van der Waals surface area contributed by atoms with Gasteiger partial charge in [0, 0.05) is 175 Å². The zero-order valence-electron chi connectivity index (χ0n) is 57.2. The third-order valence-corrected chi connectivity index (χ3v) is 21.3. The first-order valence-electron chi connectivity index (χ1n) is 34.9. The smallest absolute Gasteiger partial charge is 0.390 e. The number of halogens is 4. The van der Waals surface area contributed by atoms with Crippen molar-refractivity contribution in [3.05, 3.63) is 82.8 Å². The van der Waals surface area contributed by atoms with Crippen LogP contribution >= 0.6 is 11.6 Å². The van der Waals surface area contributed by atoms with E-state index in [-0.39, 0.29) is 77.0 Å². The van der Waals surface area contributed by atoms with Crippen molar-refractivity contribution in [2.75, 3.05) is 73.6 Å². The number of aryl methyl sites for hydroxylation is 1. The lowest BCUT2D eigenvalue weighted by Gasteiger charge is -2.60. The molecule has 0 radical (unpaired) electrons. The van der Waals surface area contributed by atoms with Gasteiger partial charge in [0.05, 0.1) is 22.6 Å². The van der Waals surface area contributed by atoms with Gasteiger partial charge >= 0.3 is 6.18 Å². The van der Waals surface area contributed by atoms with Gasteiger partial charge in [0.15, 0.2) is 0 Å². The van der Waals surface area contributed by atoms with Gasteiger partial charge in [-0.2, -0.15) is 13.2 Å². The molecule has 18 heteroatoms. The van der Waals surface area contributed by atoms with Crippen molar-refractivity contribution in [1.82, 2.24) is 56.4 Å². The lowest BCUT2D eigenvalue weighted by atomic mass is 9.74. The van der Waals surface area contributed by atoms with E-state index in [4.69, 9.17) is 21.3 Å². The number of hydrogen-bond donors (Lipinski definition) is 6. The van der Waals surface area contributed by atoms with E-state index in [0.29, 0.717) is 43.0 Å². The first-order chi connectivity index (χ1) is 42.5. The number of methoxy groups -OCH3 is 1. The number of carbonyl (C=O) groups excluding carboxylic acids is 1. The molecule has 0 bridgehead atoms. The number of fused-ring (bicyclic) bond motifs is 2. The van der Waals surface area contributed by atoms with Gasteiger partial charge in [-0.1, -0.05) is 90.3 Å². The van der Waals surface area contributed by atoms with Crippen LogP contribution in [0.5, 0.6) is 0 Å². The maximum atomic E-state index is 14.8. The number of allylic oxidation sites excluding steroid dienone is 3. The Hall–Kier alpha value is -3.68. The summed E-state index contributed by atoms with van der Waals surface area (Å²) < 4.78 is 47.2. The summed E-state index contributed by atoms with van der Waals surface area (Å²) in [5.41, 5.74) is 3.25. The lowest BCUT2D eigenvalue weighted by Crippen LogP contribution is -2.76. The predicted molar refractivity (Wildman–Crippen MR) is 363 cm³/mol. The topological polar surface area (TPSA) is 127 Å². The first kappa shape index (κ1) is 72.7. The minimum absolute atomic E-state index is 0.0255. The second-order valence-corrected chi connectivity index (χ2v) is 29.0. The van der Waals surface area contributed by atoms with Gasteiger partial charge in [0.2, 0.25) is 5.91 Å². The third kappa shape index (κ3) is 20.9. The fourth-order valence-electron chi connectivity index (χ4n) is 15.7. The van der Waals surface area contributed by atoms with Gasteiger partial charge < -0.3 is 56.2 Å². The van der Waals surface area contributed by atoms with E-state index in [0.717, 1.165) is 115 Å². The van der Waals surface area contributed by atoms with Crippen LogP contribution in [0.15, 0.2) is 71.7 Å². The number of rotatable bonds is 11. The van der Waals surface area contributed by atoms with Crippen molar-refractivity contribution in [3.63, 3.8) is 0 Å². The van der Waals surface area contributed by atoms with Gasteiger partial charge in [-0.3, -0.25) is 14.7 Å². The van der Waals surface area contributed by atoms with Crippen LogP contribution in [0.3, 0.4) is 0 Å². The summed E-state index contributed by atoms with van der Waals surface area (Å²) in [6.07, 6.45) is 27.2. The van der Waals surface area contributed by atoms with Crippen molar-refractivity contribution in [2.45, 2.75) is 257 Å². The Kier molecular flexibility index (Phi) is 28.6. The van der Waals surface area contributed by atoms with E-state index in [2.05, 4.69) is 152 Å². The quantitative estimate of drug-likeness (QED) is 0.126. The molecular weight excluding hydrogens is 1150 g/mol. The number of hydrogen-bond acceptors (Lipinski definition) is 13. The Bertz CT molecular complexity index is 2470. The molecule has 6 N–H and O–H groups in total. The van der Waals surface area contributed by atoms with Crippen LogP contribution in [0.1, 0.15) is 190 Å². The highest BCUT2D eigenvalue weighted by Gasteiger charge is 2.55. The number of alkyl halides is 3. The number of ether oxygens (including phenoxy) is 1. The van der Waals surface area contributed by atoms with Crippen molar-refractivity contribution >= 4 is 23.2 Å². The standard InChI is InChI=1S/C71H120ClF3N12O2/c1-49(2)41-64-52(6)79-45-66-67(69(88)85-37-20-15-21-38-85)55(9)87(66)68(50(3)4)53(7)82-70(31-18-19-32-70)48-77-35-34-76-33-30-59(28-26-58-27-29-62(63(72)43-58)71(73,74)75)78-36-40-83(11)46-61(42-57-23-16-14-17-24-57)84(12)47-60-25-22-39-86(60)54(8)51(5)81-65(44-80-64)56(10)89-13/h27,29-30,33,36,40,43,46-47,49-57,64-68,76-77,79-82H,14-26,28,31-32,34-35,37-39,41-42,44-45,48H2,1-13H3/t51?,52?,53?,54-,55?,56+,64-,65-,66?,67-,68-/m0/s1. The van der Waals surface area contributed by atoms with Gasteiger partial charge in [-0.15, -0.1) is 0 Å². The number of nitrogens with zero attached hydrogens (tertiary/aromatic N) is 6. The van der Waals surface area contributed by atoms with E-state index < -0.39 is 11.7 Å². The minimum atomic E-state index is -4.52. The molecule has 4 aliphatic heterocycles. The highest BCUT2D eigenvalue weighted by molar-refractivity contribution is 6.31. The number of nitrogens with one attached hydrogen (secondary N) is 6. The van der Waals surface area contributed by atoms with Crippen molar-refractivity contribution in [3.8, 4) is 0 Å². The molecule has 0 aromatic heterocycles. The summed E-state index contributed by atoms with van der Waals surface area (Å²) in [6, 6.07) is 5.42. The number of amides is 1. The molecule has 1 amide bonds. The largest absolute Gasteiger partial charge is 0.417 e. The van der Waals surface area contributed by atoms with Crippen molar-refractivity contribution in [2.24, 2.45) is 28.7 Å². The number of benzene rings is 1. The molecule has 89 heavy (non-hydrogen) atoms. The summed E-state index contributed by atoms with van der Waals surface area (Å²) in [6.45, 7) is 29.9. The maximum Gasteiger partial charge on any atom is 0.417 e. The van der Waals surface area contributed by atoms with Crippen LogP contribution in [0.4, 0.5) is 13.2 Å². The number of piperidine rings is 1. The van der Waals surface area contributed by atoms with Crippen LogP contribution in [0.25, 0.3) is 0 Å². The molecule has 1 spiro atoms. The lowest BCUT2D eigenvalue weighted by molar-refractivity contribution is -0.162. The highest BCUT2D eigenvalue weighted by atomic mass is 35.5. The average molecular weight is 1270 g/mol. The Morgan fingerprint density at radius 2 is 1.55 bits per heavy atom. The van der Waals surface area contributed by atoms with E-state index in [1.165, 1.54) is 74.9 Å². The van der Waals surface area contributed by atoms with Crippen LogP contribution in [-0.4, -0.2) is 176 Å². The summed E-state index contributed by atoms with van der Waals surface area (Å²) in [7, 11) is 6.11. The van der Waals surface area contributed by atoms with E-state index in [9.17, 15) is 18.0 Å². The van der Waals surface area contributed by atoms with E-state index in [1.807, 2.05) is 31.8 Å². The second kappa shape index (κ2) is 35.0. The SMILES string of the molecule is CO[C@H](C)[C@@H]1CN[C@@H](CC(C)C)C(C)NCC2[C@@H](C(=O)N3CCCCC3)C(C)N2[C@@H](C(C)C)C(C)NC2(CCCC2)CNCCNC=CC(CCc2ccc(C(F)(F)F)c(Cl)c2)=NC=CN(C)C=C(CC2CCCCC2)N(C)C=C2CCCN2[C@@H](C)C(C)N1. The molecule has 6 aliphatic rings. The molecular formula is C71H120ClF3N12O2. The normalized spacial score (nSPS) is 30.1. The molecule has 7 rings (SSSR count). The van der Waals surface area contributed by atoms with Gasteiger partial charge in [0.25, 0.3) is 0 Å². The van der Waals surface area contributed by atoms with Crippen molar-refractivity contribution in [1.29, 1.82) is 0 Å². The number of likely N-dealkylation sites (tertiary alicyclic amines) is 1. The molecule has 14 nitrogen and oxygen atoms in total. The second-order valence-electron chi connectivity index (χ2n) is 28.6. The van der Waals surface area contributed by atoms with Crippen LogP contribution in [0.2, 0.25) is 5.02 Å². The fraction of sp³-hybridized carbons (Fsp3) is 0.775. The molecule has 2 aliphatic carbocycles. The van der Waals surface area contributed by atoms with Crippen LogP contribution < -0.4 is 31.9 Å². The van der Waals surface area contributed by atoms with Crippen LogP contribution in [0, 0.1) is 23.7 Å². The molecule has 3 saturated heterocycles. The Balaban J connectivity index is 1.19. The monoisotopic (exact) mass is 1260 g/mol.